The van der Waals surface area contributed by atoms with Crippen LogP contribution in [0.2, 0.25) is 0 Å². The van der Waals surface area contributed by atoms with Gasteiger partial charge in [-0.15, -0.1) is 0 Å². The highest BCUT2D eigenvalue weighted by Gasteiger charge is 2.23. The maximum Gasteiger partial charge on any atom is 0.161 e. The molecule has 0 aliphatic rings. The molecule has 20 heavy (non-hydrogen) atoms. The van der Waals surface area contributed by atoms with Crippen molar-refractivity contribution in [2.45, 2.75) is 19.1 Å². The first-order valence-corrected chi connectivity index (χ1v) is 6.93. The van der Waals surface area contributed by atoms with E-state index in [-0.39, 0.29) is 18.7 Å². The van der Waals surface area contributed by atoms with E-state index in [1.54, 1.807) is 13.0 Å². The standard InChI is InChI=1S/C14H14F3NOS/c1-14(19,10-2-3-20-7-10)8-18-6-9-4-12(16)13(17)5-11(9)15/h2-5,7,18-19H,6,8H2,1H3. The molecule has 0 spiro atoms. The van der Waals surface area contributed by atoms with Crippen molar-refractivity contribution < 1.29 is 18.3 Å². The number of thiophene rings is 1. The molecule has 1 aromatic heterocycles. The van der Waals surface area contributed by atoms with Gasteiger partial charge in [-0.2, -0.15) is 11.3 Å². The van der Waals surface area contributed by atoms with Crippen molar-refractivity contribution in [3.63, 3.8) is 0 Å². The van der Waals surface area contributed by atoms with Crippen molar-refractivity contribution in [2.24, 2.45) is 0 Å². The van der Waals surface area contributed by atoms with E-state index >= 15 is 0 Å². The van der Waals surface area contributed by atoms with Crippen LogP contribution in [0.4, 0.5) is 13.2 Å². The molecule has 1 unspecified atom stereocenters. The van der Waals surface area contributed by atoms with Gasteiger partial charge >= 0.3 is 0 Å². The van der Waals surface area contributed by atoms with Gasteiger partial charge in [0.2, 0.25) is 0 Å². The van der Waals surface area contributed by atoms with Crippen LogP contribution in [0.5, 0.6) is 0 Å². The van der Waals surface area contributed by atoms with Crippen molar-refractivity contribution >= 4 is 11.3 Å². The molecule has 0 radical (unpaired) electrons. The Morgan fingerprint density at radius 2 is 1.90 bits per heavy atom. The average Bonchev–Trinajstić information content (AvgIpc) is 2.90. The van der Waals surface area contributed by atoms with Crippen molar-refractivity contribution in [3.05, 3.63) is 57.5 Å². The van der Waals surface area contributed by atoms with E-state index < -0.39 is 23.1 Å². The van der Waals surface area contributed by atoms with Gasteiger partial charge < -0.3 is 10.4 Å². The fourth-order valence-electron chi connectivity index (χ4n) is 1.81. The highest BCUT2D eigenvalue weighted by Crippen LogP contribution is 2.22. The Morgan fingerprint density at radius 3 is 2.55 bits per heavy atom. The molecule has 108 valence electrons. The lowest BCUT2D eigenvalue weighted by atomic mass is 9.99. The van der Waals surface area contributed by atoms with Crippen molar-refractivity contribution in [3.8, 4) is 0 Å². The molecule has 2 aromatic rings. The van der Waals surface area contributed by atoms with Crippen LogP contribution in [0.25, 0.3) is 0 Å². The van der Waals surface area contributed by atoms with E-state index in [9.17, 15) is 18.3 Å². The summed E-state index contributed by atoms with van der Waals surface area (Å²) in [6.07, 6.45) is 0. The zero-order valence-electron chi connectivity index (χ0n) is 10.8. The minimum atomic E-state index is -1.21. The number of rotatable bonds is 5. The molecule has 1 atom stereocenters. The van der Waals surface area contributed by atoms with Crippen LogP contribution in [0.1, 0.15) is 18.1 Å². The Labute approximate surface area is 118 Å². The molecule has 0 saturated heterocycles. The quantitative estimate of drug-likeness (QED) is 0.832. The van der Waals surface area contributed by atoms with Gasteiger partial charge in [-0.25, -0.2) is 13.2 Å². The molecule has 0 aliphatic heterocycles. The lowest BCUT2D eigenvalue weighted by Crippen LogP contribution is -2.34. The largest absolute Gasteiger partial charge is 0.384 e. The zero-order valence-corrected chi connectivity index (χ0v) is 11.6. The second-order valence-corrected chi connectivity index (χ2v) is 5.53. The summed E-state index contributed by atoms with van der Waals surface area (Å²) in [4.78, 5) is 0. The Bertz CT molecular complexity index is 584. The molecule has 2 N–H and O–H groups in total. The van der Waals surface area contributed by atoms with E-state index in [1.165, 1.54) is 11.3 Å². The fourth-order valence-corrected chi connectivity index (χ4v) is 2.60. The van der Waals surface area contributed by atoms with Crippen LogP contribution in [0.15, 0.2) is 29.0 Å². The summed E-state index contributed by atoms with van der Waals surface area (Å²) < 4.78 is 39.2. The van der Waals surface area contributed by atoms with Gasteiger partial charge in [0, 0.05) is 24.7 Å². The van der Waals surface area contributed by atoms with E-state index in [2.05, 4.69) is 5.32 Å². The van der Waals surface area contributed by atoms with E-state index in [0.717, 1.165) is 11.6 Å². The summed E-state index contributed by atoms with van der Waals surface area (Å²) in [5.41, 5.74) is -0.333. The average molecular weight is 301 g/mol. The van der Waals surface area contributed by atoms with Crippen molar-refractivity contribution in [1.82, 2.24) is 5.32 Å². The third-order valence-electron chi connectivity index (χ3n) is 3.02. The summed E-state index contributed by atoms with van der Waals surface area (Å²) in [6, 6.07) is 3.13. The van der Waals surface area contributed by atoms with Gasteiger partial charge in [0.15, 0.2) is 11.6 Å². The van der Waals surface area contributed by atoms with Crippen LogP contribution in [0.3, 0.4) is 0 Å². The second-order valence-electron chi connectivity index (χ2n) is 4.75. The molecule has 0 saturated carbocycles. The van der Waals surface area contributed by atoms with Gasteiger partial charge in [-0.3, -0.25) is 0 Å². The zero-order chi connectivity index (χ0) is 14.8. The first kappa shape index (κ1) is 15.0. The van der Waals surface area contributed by atoms with E-state index in [4.69, 9.17) is 0 Å². The van der Waals surface area contributed by atoms with Gasteiger partial charge in [-0.1, -0.05) is 0 Å². The minimum absolute atomic E-state index is 0.00329. The first-order valence-electron chi connectivity index (χ1n) is 5.99. The summed E-state index contributed by atoms with van der Waals surface area (Å²) in [7, 11) is 0. The third kappa shape index (κ3) is 3.39. The van der Waals surface area contributed by atoms with Gasteiger partial charge in [0.25, 0.3) is 0 Å². The Hall–Kier alpha value is -1.37. The summed E-state index contributed by atoms with van der Waals surface area (Å²) in [5.74, 6) is -3.11. The molecule has 0 bridgehead atoms. The number of nitrogens with one attached hydrogen (secondary N) is 1. The van der Waals surface area contributed by atoms with Crippen LogP contribution < -0.4 is 5.32 Å². The Kier molecular flexibility index (Phi) is 4.47. The highest BCUT2D eigenvalue weighted by atomic mass is 32.1. The third-order valence-corrected chi connectivity index (χ3v) is 3.70. The molecule has 0 fully saturated rings. The molecule has 1 aromatic carbocycles. The van der Waals surface area contributed by atoms with Crippen LogP contribution in [-0.2, 0) is 12.1 Å². The number of hydrogen-bond donors (Lipinski definition) is 2. The number of halogens is 3. The normalized spacial score (nSPS) is 14.2. The summed E-state index contributed by atoms with van der Waals surface area (Å²) >= 11 is 1.46. The molecule has 2 rings (SSSR count). The van der Waals surface area contributed by atoms with Gasteiger partial charge in [-0.05, 0) is 35.4 Å². The van der Waals surface area contributed by atoms with E-state index in [1.807, 2.05) is 10.8 Å². The molecule has 0 amide bonds. The second kappa shape index (κ2) is 5.95. The predicted octanol–water partition coefficient (Wildman–Crippen LogP) is 3.16. The van der Waals surface area contributed by atoms with Crippen LogP contribution in [0, 0.1) is 17.5 Å². The molecular weight excluding hydrogens is 287 g/mol. The Balaban J connectivity index is 1.98. The van der Waals surface area contributed by atoms with Gasteiger partial charge in [0.05, 0.1) is 5.60 Å². The van der Waals surface area contributed by atoms with Crippen molar-refractivity contribution in [1.29, 1.82) is 0 Å². The first-order chi connectivity index (χ1) is 9.40. The smallest absolute Gasteiger partial charge is 0.161 e. The lowest BCUT2D eigenvalue weighted by Gasteiger charge is -2.23. The topological polar surface area (TPSA) is 32.3 Å². The Morgan fingerprint density at radius 1 is 1.20 bits per heavy atom. The van der Waals surface area contributed by atoms with Crippen molar-refractivity contribution in [2.75, 3.05) is 6.54 Å². The molecule has 1 heterocycles. The van der Waals surface area contributed by atoms with Crippen LogP contribution >= 0.6 is 11.3 Å². The number of benzene rings is 1. The minimum Gasteiger partial charge on any atom is -0.384 e. The molecule has 6 heteroatoms. The van der Waals surface area contributed by atoms with E-state index in [0.29, 0.717) is 6.07 Å². The fraction of sp³-hybridized carbons (Fsp3) is 0.286. The molecule has 0 aliphatic carbocycles. The summed E-state index contributed by atoms with van der Waals surface area (Å²) in [5, 5.41) is 16.7. The number of aliphatic hydroxyl groups is 1. The lowest BCUT2D eigenvalue weighted by molar-refractivity contribution is 0.0570. The predicted molar refractivity (Wildman–Crippen MR) is 71.9 cm³/mol. The maximum absolute atomic E-state index is 13.4. The molecule has 2 nitrogen and oxygen atoms in total. The highest BCUT2D eigenvalue weighted by molar-refractivity contribution is 7.08. The maximum atomic E-state index is 13.4. The van der Waals surface area contributed by atoms with Gasteiger partial charge in [0.1, 0.15) is 5.82 Å². The SMILES string of the molecule is CC(O)(CNCc1cc(F)c(F)cc1F)c1ccsc1. The summed E-state index contributed by atoms with van der Waals surface area (Å²) in [6.45, 7) is 1.80. The monoisotopic (exact) mass is 301 g/mol. The van der Waals surface area contributed by atoms with Crippen LogP contribution in [-0.4, -0.2) is 11.7 Å². The molecular formula is C14H14F3NOS. The number of hydrogen-bond acceptors (Lipinski definition) is 3.